The van der Waals surface area contributed by atoms with Crippen LogP contribution in [0.15, 0.2) is 30.3 Å². The molecule has 0 spiro atoms. The molecule has 0 amide bonds. The van der Waals surface area contributed by atoms with E-state index >= 15 is 0 Å². The minimum atomic E-state index is -0.708. The van der Waals surface area contributed by atoms with Crippen LogP contribution in [0.2, 0.25) is 0 Å². The third-order valence-electron chi connectivity index (χ3n) is 1.58. The summed E-state index contributed by atoms with van der Waals surface area (Å²) in [6, 6.07) is 8.91. The van der Waals surface area contributed by atoms with Crippen molar-refractivity contribution < 1.29 is 14.3 Å². The molecule has 0 bridgehead atoms. The number of thiol groups is 1. The monoisotopic (exact) mass is 210 g/mol. The number of rotatable bonds is 2. The van der Waals surface area contributed by atoms with Gasteiger partial charge in [0.1, 0.15) is 5.25 Å². The van der Waals surface area contributed by atoms with Crippen LogP contribution in [0, 0.1) is 0 Å². The number of carbonyl (C=O) groups excluding carboxylic acids is 2. The molecule has 3 nitrogen and oxygen atoms in total. The smallest absolute Gasteiger partial charge is 0.330 e. The van der Waals surface area contributed by atoms with Crippen molar-refractivity contribution >= 4 is 24.6 Å². The first-order chi connectivity index (χ1) is 6.61. The second-order valence-electron chi connectivity index (χ2n) is 2.73. The van der Waals surface area contributed by atoms with Gasteiger partial charge in [-0.2, -0.15) is 12.6 Å². The van der Waals surface area contributed by atoms with Crippen molar-refractivity contribution in [1.29, 1.82) is 0 Å². The van der Waals surface area contributed by atoms with E-state index in [1.807, 2.05) is 6.07 Å². The maximum atomic E-state index is 11.2. The zero-order valence-electron chi connectivity index (χ0n) is 7.64. The first kappa shape index (κ1) is 10.8. The Balaban J connectivity index is 2.71. The third-order valence-corrected chi connectivity index (χ3v) is 2.09. The number of carbonyl (C=O) groups is 2. The summed E-state index contributed by atoms with van der Waals surface area (Å²) in [6.07, 6.45) is 0. The average Bonchev–Trinajstić information content (AvgIpc) is 2.17. The van der Waals surface area contributed by atoms with Crippen molar-refractivity contribution in [2.45, 2.75) is 12.2 Å². The van der Waals surface area contributed by atoms with Crippen molar-refractivity contribution in [2.24, 2.45) is 0 Å². The van der Waals surface area contributed by atoms with Gasteiger partial charge >= 0.3 is 11.9 Å². The molecule has 14 heavy (non-hydrogen) atoms. The standard InChI is InChI=1S/C10H10O3S/c1-7(11)13-10(12)9(14)8-5-3-2-4-6-8/h2-6,9,14H,1H3. The van der Waals surface area contributed by atoms with Crippen molar-refractivity contribution in [3.8, 4) is 0 Å². The molecule has 1 atom stereocenters. The Morgan fingerprint density at radius 2 is 1.86 bits per heavy atom. The van der Waals surface area contributed by atoms with Crippen LogP contribution in [0.3, 0.4) is 0 Å². The fourth-order valence-electron chi connectivity index (χ4n) is 0.969. The van der Waals surface area contributed by atoms with E-state index in [-0.39, 0.29) is 0 Å². The fourth-order valence-corrected chi connectivity index (χ4v) is 1.19. The molecule has 1 aromatic carbocycles. The number of esters is 2. The molecule has 0 N–H and O–H groups in total. The molecule has 0 saturated heterocycles. The van der Waals surface area contributed by atoms with Gasteiger partial charge in [-0.3, -0.25) is 4.79 Å². The molecule has 4 heteroatoms. The lowest BCUT2D eigenvalue weighted by Gasteiger charge is -2.08. The molecule has 0 aliphatic carbocycles. The van der Waals surface area contributed by atoms with Gasteiger partial charge in [-0.15, -0.1) is 0 Å². The highest BCUT2D eigenvalue weighted by Gasteiger charge is 2.18. The van der Waals surface area contributed by atoms with E-state index in [9.17, 15) is 9.59 Å². The fraction of sp³-hybridized carbons (Fsp3) is 0.200. The Bertz CT molecular complexity index is 334. The highest BCUT2D eigenvalue weighted by atomic mass is 32.1. The topological polar surface area (TPSA) is 43.4 Å². The lowest BCUT2D eigenvalue weighted by Crippen LogP contribution is -2.14. The molecule has 0 fully saturated rings. The van der Waals surface area contributed by atoms with Gasteiger partial charge in [-0.1, -0.05) is 30.3 Å². The Kier molecular flexibility index (Phi) is 3.71. The van der Waals surface area contributed by atoms with Crippen LogP contribution in [0.1, 0.15) is 17.7 Å². The van der Waals surface area contributed by atoms with Crippen molar-refractivity contribution in [3.63, 3.8) is 0 Å². The summed E-state index contributed by atoms with van der Waals surface area (Å²) in [5.41, 5.74) is 0.710. The molecule has 0 aliphatic heterocycles. The third kappa shape index (κ3) is 2.88. The quantitative estimate of drug-likeness (QED) is 0.459. The van der Waals surface area contributed by atoms with Gasteiger partial charge in [0, 0.05) is 6.92 Å². The van der Waals surface area contributed by atoms with Gasteiger partial charge in [0.25, 0.3) is 0 Å². The van der Waals surface area contributed by atoms with E-state index in [1.54, 1.807) is 24.3 Å². The summed E-state index contributed by atoms with van der Waals surface area (Å²) >= 11 is 4.06. The molecular weight excluding hydrogens is 200 g/mol. The zero-order chi connectivity index (χ0) is 10.6. The molecule has 0 heterocycles. The van der Waals surface area contributed by atoms with E-state index in [4.69, 9.17) is 0 Å². The van der Waals surface area contributed by atoms with Gasteiger partial charge in [0.2, 0.25) is 0 Å². The molecule has 1 aromatic rings. The van der Waals surface area contributed by atoms with Crippen LogP contribution in [0.25, 0.3) is 0 Å². The van der Waals surface area contributed by atoms with E-state index in [0.717, 1.165) is 0 Å². The van der Waals surface area contributed by atoms with Crippen molar-refractivity contribution in [2.75, 3.05) is 0 Å². The first-order valence-electron chi connectivity index (χ1n) is 4.06. The van der Waals surface area contributed by atoms with Crippen molar-refractivity contribution in [3.05, 3.63) is 35.9 Å². The maximum absolute atomic E-state index is 11.2. The number of benzene rings is 1. The molecule has 1 unspecified atom stereocenters. The first-order valence-corrected chi connectivity index (χ1v) is 4.58. The van der Waals surface area contributed by atoms with Gasteiger partial charge < -0.3 is 4.74 Å². The predicted octanol–water partition coefficient (Wildman–Crippen LogP) is 1.75. The largest absolute Gasteiger partial charge is 0.392 e. The van der Waals surface area contributed by atoms with Gasteiger partial charge in [0.15, 0.2) is 0 Å². The van der Waals surface area contributed by atoms with Gasteiger partial charge in [-0.05, 0) is 5.56 Å². The maximum Gasteiger partial charge on any atom is 0.330 e. The summed E-state index contributed by atoms with van der Waals surface area (Å²) in [5.74, 6) is -1.27. The zero-order valence-corrected chi connectivity index (χ0v) is 8.53. The predicted molar refractivity (Wildman–Crippen MR) is 54.9 cm³/mol. The Hall–Kier alpha value is -1.29. The SMILES string of the molecule is CC(=O)OC(=O)C(S)c1ccccc1. The van der Waals surface area contributed by atoms with Crippen LogP contribution in [-0.4, -0.2) is 11.9 Å². The Morgan fingerprint density at radius 1 is 1.29 bits per heavy atom. The van der Waals surface area contributed by atoms with Crippen LogP contribution in [-0.2, 0) is 14.3 Å². The molecular formula is C10H10O3S. The average molecular weight is 210 g/mol. The number of hydrogen-bond donors (Lipinski definition) is 1. The minimum Gasteiger partial charge on any atom is -0.392 e. The lowest BCUT2D eigenvalue weighted by molar-refractivity contribution is -0.157. The normalized spacial score (nSPS) is 11.9. The summed E-state index contributed by atoms with van der Waals surface area (Å²) in [7, 11) is 0. The summed E-state index contributed by atoms with van der Waals surface area (Å²) in [5, 5.41) is -0.708. The highest BCUT2D eigenvalue weighted by Crippen LogP contribution is 2.20. The number of hydrogen-bond acceptors (Lipinski definition) is 4. The molecule has 1 rings (SSSR count). The van der Waals surface area contributed by atoms with Gasteiger partial charge in [-0.25, -0.2) is 4.79 Å². The second-order valence-corrected chi connectivity index (χ2v) is 3.24. The minimum absolute atomic E-state index is 0.620. The lowest BCUT2D eigenvalue weighted by atomic mass is 10.1. The highest BCUT2D eigenvalue weighted by molar-refractivity contribution is 7.81. The Labute approximate surface area is 87.5 Å². The van der Waals surface area contributed by atoms with E-state index in [2.05, 4.69) is 17.4 Å². The van der Waals surface area contributed by atoms with E-state index < -0.39 is 17.2 Å². The molecule has 74 valence electrons. The molecule has 0 aliphatic rings. The number of ether oxygens (including phenoxy) is 1. The van der Waals surface area contributed by atoms with Crippen molar-refractivity contribution in [1.82, 2.24) is 0 Å². The summed E-state index contributed by atoms with van der Waals surface area (Å²) in [6.45, 7) is 1.18. The summed E-state index contributed by atoms with van der Waals surface area (Å²) < 4.78 is 4.41. The molecule has 0 saturated carbocycles. The van der Waals surface area contributed by atoms with Crippen LogP contribution in [0.5, 0.6) is 0 Å². The van der Waals surface area contributed by atoms with Crippen LogP contribution >= 0.6 is 12.6 Å². The molecule has 0 aromatic heterocycles. The molecule has 0 radical (unpaired) electrons. The Morgan fingerprint density at radius 3 is 2.36 bits per heavy atom. The van der Waals surface area contributed by atoms with E-state index in [1.165, 1.54) is 6.92 Å². The van der Waals surface area contributed by atoms with Gasteiger partial charge in [0.05, 0.1) is 0 Å². The summed E-state index contributed by atoms with van der Waals surface area (Å²) in [4.78, 5) is 21.7. The van der Waals surface area contributed by atoms with Crippen LogP contribution < -0.4 is 0 Å². The second kappa shape index (κ2) is 4.81. The van der Waals surface area contributed by atoms with Crippen LogP contribution in [0.4, 0.5) is 0 Å². The van der Waals surface area contributed by atoms with E-state index in [0.29, 0.717) is 5.56 Å².